The third-order valence-corrected chi connectivity index (χ3v) is 8.98. The summed E-state index contributed by atoms with van der Waals surface area (Å²) in [4.78, 5) is 25.2. The van der Waals surface area contributed by atoms with E-state index in [2.05, 4.69) is 30.0 Å². The molecule has 2 N–H and O–H groups in total. The molecule has 1 heterocycles. The number of hydrogen-bond donors (Lipinski definition) is 2. The van der Waals surface area contributed by atoms with Crippen molar-refractivity contribution in [1.82, 2.24) is 4.72 Å². The third-order valence-electron chi connectivity index (χ3n) is 7.52. The highest BCUT2D eigenvalue weighted by molar-refractivity contribution is 7.89. The van der Waals surface area contributed by atoms with Crippen LogP contribution in [0, 0.1) is 18.8 Å². The van der Waals surface area contributed by atoms with Crippen LogP contribution in [-0.4, -0.2) is 33.4 Å². The molecule has 0 radical (unpaired) electrons. The van der Waals surface area contributed by atoms with Gasteiger partial charge in [-0.15, -0.1) is 0 Å². The van der Waals surface area contributed by atoms with Crippen molar-refractivity contribution < 1.29 is 27.2 Å². The number of benzene rings is 3. The van der Waals surface area contributed by atoms with Gasteiger partial charge < -0.3 is 14.5 Å². The normalized spacial score (nSPS) is 12.6. The van der Waals surface area contributed by atoms with E-state index in [1.165, 1.54) is 24.8 Å². The Kier molecular flexibility index (Phi) is 10.1. The average molecular weight is 605 g/mol. The maximum absolute atomic E-state index is 13.2. The van der Waals surface area contributed by atoms with E-state index in [9.17, 15) is 18.0 Å². The molecule has 0 aliphatic heterocycles. The number of aryl methyl sites for hydroxylation is 2. The van der Waals surface area contributed by atoms with Gasteiger partial charge in [-0.25, -0.2) is 8.42 Å². The molecule has 0 bridgehead atoms. The molecule has 43 heavy (non-hydrogen) atoms. The molecular formula is C34H40N2O6S. The van der Waals surface area contributed by atoms with Gasteiger partial charge in [-0.2, -0.15) is 4.72 Å². The zero-order valence-electron chi connectivity index (χ0n) is 25.6. The largest absolute Gasteiger partial charge is 0.468 e. The van der Waals surface area contributed by atoms with Crippen molar-refractivity contribution in [2.75, 3.05) is 12.4 Å². The van der Waals surface area contributed by atoms with Crippen molar-refractivity contribution in [3.63, 3.8) is 0 Å². The van der Waals surface area contributed by atoms with Gasteiger partial charge in [0.05, 0.1) is 12.0 Å². The number of carbonyl (C=O) groups excluding carboxylic acids is 2. The first kappa shape index (κ1) is 32.0. The number of methoxy groups -OCH3 is 1. The molecule has 8 nitrogen and oxygen atoms in total. The van der Waals surface area contributed by atoms with Gasteiger partial charge in [0.2, 0.25) is 10.0 Å². The smallest absolute Gasteiger partial charge is 0.324 e. The van der Waals surface area contributed by atoms with Crippen molar-refractivity contribution in [1.29, 1.82) is 0 Å². The second kappa shape index (κ2) is 13.6. The number of ether oxygens (including phenoxy) is 1. The Hall–Kier alpha value is -3.95. The fraction of sp³-hybridized carbons (Fsp3) is 0.353. The molecule has 0 fully saturated rings. The van der Waals surface area contributed by atoms with Gasteiger partial charge in [0.1, 0.15) is 11.6 Å². The summed E-state index contributed by atoms with van der Waals surface area (Å²) in [5, 5.41) is 3.94. The van der Waals surface area contributed by atoms with Crippen LogP contribution in [0.25, 0.3) is 22.1 Å². The highest BCUT2D eigenvalue weighted by atomic mass is 32.2. The van der Waals surface area contributed by atoms with E-state index < -0.39 is 22.0 Å². The molecule has 0 aliphatic rings. The number of fused-ring (bicyclic) bond motifs is 1. The van der Waals surface area contributed by atoms with Gasteiger partial charge in [0.25, 0.3) is 5.91 Å². The van der Waals surface area contributed by atoms with Gasteiger partial charge in [-0.1, -0.05) is 70.5 Å². The number of nitrogens with one attached hydrogen (secondary N) is 2. The van der Waals surface area contributed by atoms with Gasteiger partial charge in [0.15, 0.2) is 5.76 Å². The fourth-order valence-corrected chi connectivity index (χ4v) is 6.43. The molecule has 4 rings (SSSR count). The molecule has 1 aromatic heterocycles. The Morgan fingerprint density at radius 1 is 0.907 bits per heavy atom. The Balaban J connectivity index is 1.46. The van der Waals surface area contributed by atoms with Crippen LogP contribution in [0.2, 0.25) is 0 Å². The molecule has 0 saturated heterocycles. The van der Waals surface area contributed by atoms with E-state index in [-0.39, 0.29) is 16.7 Å². The third kappa shape index (κ3) is 7.53. The minimum Gasteiger partial charge on any atom is -0.468 e. The second-order valence-electron chi connectivity index (χ2n) is 11.6. The maximum atomic E-state index is 13.2. The number of amides is 1. The number of sulfonamides is 1. The standard InChI is InChI=1S/C34H40N2O6S/c1-21(2)9-7-10-26-11-8-12-29-30(26)23(5)32(42-29)33(37)35-27-17-13-24(14-18-27)25-15-19-28(20-16-25)43(39,40)36-31(22(3)4)34(38)41-6/h8,11-22,31,36H,7,9-10H2,1-6H3,(H,35,37)/t31-/m0/s1. The Bertz CT molecular complexity index is 1690. The summed E-state index contributed by atoms with van der Waals surface area (Å²) in [6.07, 6.45) is 3.17. The average Bonchev–Trinajstić information content (AvgIpc) is 3.33. The fourth-order valence-electron chi connectivity index (χ4n) is 5.09. The zero-order valence-corrected chi connectivity index (χ0v) is 26.4. The molecule has 0 spiro atoms. The van der Waals surface area contributed by atoms with Crippen molar-refractivity contribution in [2.45, 2.75) is 64.8 Å². The predicted molar refractivity (Wildman–Crippen MR) is 170 cm³/mol. The van der Waals surface area contributed by atoms with Crippen LogP contribution in [0.3, 0.4) is 0 Å². The quantitative estimate of drug-likeness (QED) is 0.167. The van der Waals surface area contributed by atoms with E-state index in [0.717, 1.165) is 41.3 Å². The van der Waals surface area contributed by atoms with Crippen molar-refractivity contribution >= 4 is 38.6 Å². The Morgan fingerprint density at radius 3 is 2.12 bits per heavy atom. The minimum absolute atomic E-state index is 0.0407. The molecular weight excluding hydrogens is 564 g/mol. The lowest BCUT2D eigenvalue weighted by atomic mass is 9.98. The lowest BCUT2D eigenvalue weighted by Gasteiger charge is -2.19. The van der Waals surface area contributed by atoms with E-state index >= 15 is 0 Å². The van der Waals surface area contributed by atoms with Gasteiger partial charge >= 0.3 is 5.97 Å². The van der Waals surface area contributed by atoms with Crippen LogP contribution in [0.15, 0.2) is 76.0 Å². The van der Waals surface area contributed by atoms with Crippen LogP contribution >= 0.6 is 0 Å². The maximum Gasteiger partial charge on any atom is 0.324 e. The summed E-state index contributed by atoms with van der Waals surface area (Å²) < 4.78 is 38.9. The van der Waals surface area contributed by atoms with Crippen molar-refractivity contribution in [2.24, 2.45) is 11.8 Å². The van der Waals surface area contributed by atoms with Crippen LogP contribution in [0.5, 0.6) is 0 Å². The first-order valence-corrected chi connectivity index (χ1v) is 16.0. The molecule has 4 aromatic rings. The summed E-state index contributed by atoms with van der Waals surface area (Å²) in [6, 6.07) is 18.6. The number of anilines is 1. The monoisotopic (exact) mass is 604 g/mol. The molecule has 1 amide bonds. The molecule has 0 saturated carbocycles. The highest BCUT2D eigenvalue weighted by Gasteiger charge is 2.29. The Morgan fingerprint density at radius 2 is 1.53 bits per heavy atom. The number of hydrogen-bond acceptors (Lipinski definition) is 6. The molecule has 228 valence electrons. The van der Waals surface area contributed by atoms with E-state index in [1.54, 1.807) is 38.1 Å². The summed E-state index contributed by atoms with van der Waals surface area (Å²) in [6.45, 7) is 9.84. The van der Waals surface area contributed by atoms with Crippen molar-refractivity contribution in [3.8, 4) is 11.1 Å². The van der Waals surface area contributed by atoms with Gasteiger partial charge in [0, 0.05) is 16.6 Å². The van der Waals surface area contributed by atoms with Gasteiger partial charge in [-0.05, 0) is 78.6 Å². The number of carbonyl (C=O) groups is 2. The number of rotatable bonds is 12. The summed E-state index contributed by atoms with van der Waals surface area (Å²) in [5.41, 5.74) is 4.99. The summed E-state index contributed by atoms with van der Waals surface area (Å²) >= 11 is 0. The van der Waals surface area contributed by atoms with E-state index in [0.29, 0.717) is 22.9 Å². The minimum atomic E-state index is -3.94. The molecule has 0 unspecified atom stereocenters. The molecule has 9 heteroatoms. The second-order valence-corrected chi connectivity index (χ2v) is 13.3. The topological polar surface area (TPSA) is 115 Å². The van der Waals surface area contributed by atoms with Crippen LogP contribution in [-0.2, 0) is 26.0 Å². The molecule has 0 aliphatic carbocycles. The molecule has 1 atom stereocenters. The van der Waals surface area contributed by atoms with Crippen LogP contribution in [0.4, 0.5) is 5.69 Å². The number of esters is 1. The lowest BCUT2D eigenvalue weighted by Crippen LogP contribution is -2.44. The van der Waals surface area contributed by atoms with Crippen molar-refractivity contribution in [3.05, 3.63) is 83.6 Å². The molecule has 3 aromatic carbocycles. The van der Waals surface area contributed by atoms with E-state index in [4.69, 9.17) is 9.15 Å². The SMILES string of the molecule is COC(=O)[C@@H](NS(=O)(=O)c1ccc(-c2ccc(NC(=O)c3oc4cccc(CCCC(C)C)c4c3C)cc2)cc1)C(C)C. The van der Waals surface area contributed by atoms with Gasteiger partial charge in [-0.3, -0.25) is 9.59 Å². The Labute approximate surface area is 253 Å². The summed E-state index contributed by atoms with van der Waals surface area (Å²) in [5.74, 6) is -0.295. The van der Waals surface area contributed by atoms with Crippen LogP contribution < -0.4 is 10.0 Å². The first-order chi connectivity index (χ1) is 20.4. The zero-order chi connectivity index (χ0) is 31.3. The highest BCUT2D eigenvalue weighted by Crippen LogP contribution is 2.31. The lowest BCUT2D eigenvalue weighted by molar-refractivity contribution is -0.143. The summed E-state index contributed by atoms with van der Waals surface area (Å²) in [7, 11) is -2.71. The van der Waals surface area contributed by atoms with E-state index in [1.807, 2.05) is 31.2 Å². The first-order valence-electron chi connectivity index (χ1n) is 14.5. The predicted octanol–water partition coefficient (Wildman–Crippen LogP) is 7.12. The van der Waals surface area contributed by atoms with Crippen LogP contribution in [0.1, 0.15) is 62.2 Å². The number of furan rings is 1.